The van der Waals surface area contributed by atoms with Gasteiger partial charge in [0.15, 0.2) is 0 Å². The van der Waals surface area contributed by atoms with Crippen LogP contribution in [0.5, 0.6) is 0 Å². The van der Waals surface area contributed by atoms with E-state index in [-0.39, 0.29) is 49.5 Å². The summed E-state index contributed by atoms with van der Waals surface area (Å²) in [7, 11) is 1.53. The standard InChI is InChI=1S/C18H29N3O3.2ClH/c1-13-9-21(10-14(2)24-13)11-16-7-5-4-6-15(16)8-20-18(22)17(19)12-23-3;;/h4-7,13-14,17H,8-12,19H2,1-3H3,(H,20,22);2*1H. The van der Waals surface area contributed by atoms with E-state index in [1.54, 1.807) is 0 Å². The fourth-order valence-electron chi connectivity index (χ4n) is 3.11. The number of halogens is 2. The van der Waals surface area contributed by atoms with E-state index in [2.05, 4.69) is 30.1 Å². The normalized spacial score (nSPS) is 21.2. The molecule has 8 heteroatoms. The van der Waals surface area contributed by atoms with E-state index in [9.17, 15) is 4.79 Å². The topological polar surface area (TPSA) is 76.8 Å². The number of nitrogens with two attached hydrogens (primary N) is 1. The number of nitrogens with one attached hydrogen (secondary N) is 1. The van der Waals surface area contributed by atoms with Crippen LogP contribution < -0.4 is 11.1 Å². The summed E-state index contributed by atoms with van der Waals surface area (Å²) in [5.41, 5.74) is 8.09. The zero-order valence-corrected chi connectivity index (χ0v) is 17.3. The Hall–Kier alpha value is -0.890. The lowest BCUT2D eigenvalue weighted by molar-refractivity contribution is -0.123. The summed E-state index contributed by atoms with van der Waals surface area (Å²) in [6, 6.07) is 7.55. The number of hydrogen-bond acceptors (Lipinski definition) is 5. The molecule has 0 aromatic heterocycles. The van der Waals surface area contributed by atoms with Crippen LogP contribution in [0.2, 0.25) is 0 Å². The van der Waals surface area contributed by atoms with Gasteiger partial charge in [0.1, 0.15) is 6.04 Å². The fourth-order valence-corrected chi connectivity index (χ4v) is 3.11. The number of carbonyl (C=O) groups is 1. The van der Waals surface area contributed by atoms with Gasteiger partial charge in [-0.05, 0) is 25.0 Å². The molecule has 0 spiro atoms. The lowest BCUT2D eigenvalue weighted by Crippen LogP contribution is -2.45. The molecule has 1 aromatic rings. The quantitative estimate of drug-likeness (QED) is 0.719. The Morgan fingerprint density at radius 2 is 1.85 bits per heavy atom. The summed E-state index contributed by atoms with van der Waals surface area (Å²) in [5.74, 6) is -0.194. The minimum atomic E-state index is -0.636. The van der Waals surface area contributed by atoms with E-state index in [4.69, 9.17) is 15.2 Å². The second-order valence-electron chi connectivity index (χ2n) is 6.50. The molecule has 6 nitrogen and oxygen atoms in total. The monoisotopic (exact) mass is 407 g/mol. The molecule has 1 amide bonds. The van der Waals surface area contributed by atoms with Crippen molar-refractivity contribution < 1.29 is 14.3 Å². The predicted octanol–water partition coefficient (Wildman–Crippen LogP) is 1.73. The van der Waals surface area contributed by atoms with Crippen molar-refractivity contribution in [3.05, 3.63) is 35.4 Å². The largest absolute Gasteiger partial charge is 0.383 e. The van der Waals surface area contributed by atoms with Crippen LogP contribution >= 0.6 is 24.8 Å². The van der Waals surface area contributed by atoms with Crippen molar-refractivity contribution in [3.63, 3.8) is 0 Å². The number of amides is 1. The van der Waals surface area contributed by atoms with Gasteiger partial charge in [-0.1, -0.05) is 24.3 Å². The lowest BCUT2D eigenvalue weighted by atomic mass is 10.1. The molecule has 0 bridgehead atoms. The molecule has 2 rings (SSSR count). The molecule has 1 fully saturated rings. The van der Waals surface area contributed by atoms with Gasteiger partial charge in [0, 0.05) is 33.3 Å². The smallest absolute Gasteiger partial charge is 0.239 e. The van der Waals surface area contributed by atoms with Crippen LogP contribution in [0.4, 0.5) is 0 Å². The molecule has 26 heavy (non-hydrogen) atoms. The molecule has 1 aliphatic rings. The first-order valence-electron chi connectivity index (χ1n) is 8.46. The number of morpholine rings is 1. The first-order chi connectivity index (χ1) is 11.5. The average molecular weight is 408 g/mol. The third kappa shape index (κ3) is 7.78. The van der Waals surface area contributed by atoms with Gasteiger partial charge in [0.05, 0.1) is 18.8 Å². The maximum Gasteiger partial charge on any atom is 0.239 e. The van der Waals surface area contributed by atoms with Crippen LogP contribution in [0.25, 0.3) is 0 Å². The van der Waals surface area contributed by atoms with Crippen molar-refractivity contribution in [3.8, 4) is 0 Å². The number of carbonyl (C=O) groups excluding carboxylic acids is 1. The van der Waals surface area contributed by atoms with E-state index >= 15 is 0 Å². The van der Waals surface area contributed by atoms with Crippen molar-refractivity contribution >= 4 is 30.7 Å². The Kier molecular flexibility index (Phi) is 12.1. The molecule has 3 atom stereocenters. The van der Waals surface area contributed by atoms with Crippen LogP contribution in [0.15, 0.2) is 24.3 Å². The van der Waals surface area contributed by atoms with Crippen LogP contribution in [-0.4, -0.2) is 55.9 Å². The minimum absolute atomic E-state index is 0. The van der Waals surface area contributed by atoms with Crippen molar-refractivity contribution in [2.75, 3.05) is 26.8 Å². The second kappa shape index (κ2) is 12.5. The first-order valence-corrected chi connectivity index (χ1v) is 8.46. The third-order valence-corrected chi connectivity index (χ3v) is 4.14. The molecular weight excluding hydrogens is 377 g/mol. The Morgan fingerprint density at radius 3 is 2.42 bits per heavy atom. The number of nitrogens with zero attached hydrogens (tertiary/aromatic N) is 1. The Bertz CT molecular complexity index is 538. The molecule has 1 aromatic carbocycles. The van der Waals surface area contributed by atoms with Gasteiger partial charge in [-0.25, -0.2) is 0 Å². The van der Waals surface area contributed by atoms with Crippen LogP contribution in [0.1, 0.15) is 25.0 Å². The van der Waals surface area contributed by atoms with Crippen molar-refractivity contribution in [1.29, 1.82) is 0 Å². The maximum atomic E-state index is 12.0. The Balaban J connectivity index is 0.00000312. The summed E-state index contributed by atoms with van der Waals surface area (Å²) in [5, 5.41) is 2.89. The highest BCUT2D eigenvalue weighted by Gasteiger charge is 2.22. The first kappa shape index (κ1) is 25.1. The lowest BCUT2D eigenvalue weighted by Gasteiger charge is -2.35. The van der Waals surface area contributed by atoms with Gasteiger partial charge in [-0.3, -0.25) is 9.69 Å². The van der Waals surface area contributed by atoms with Gasteiger partial charge in [0.25, 0.3) is 0 Å². The second-order valence-corrected chi connectivity index (χ2v) is 6.50. The number of hydrogen-bond donors (Lipinski definition) is 2. The van der Waals surface area contributed by atoms with Crippen LogP contribution in [0.3, 0.4) is 0 Å². The van der Waals surface area contributed by atoms with Crippen molar-refractivity contribution in [1.82, 2.24) is 10.2 Å². The Labute approximate surface area is 168 Å². The molecule has 0 radical (unpaired) electrons. The van der Waals surface area contributed by atoms with Crippen LogP contribution in [-0.2, 0) is 27.4 Å². The molecule has 0 aliphatic carbocycles. The summed E-state index contributed by atoms with van der Waals surface area (Å²) in [4.78, 5) is 14.3. The van der Waals surface area contributed by atoms with E-state index in [1.165, 1.54) is 12.7 Å². The number of benzene rings is 1. The van der Waals surface area contributed by atoms with Gasteiger partial charge in [0.2, 0.25) is 5.91 Å². The van der Waals surface area contributed by atoms with E-state index in [1.807, 2.05) is 18.2 Å². The molecule has 1 aliphatic heterocycles. The van der Waals surface area contributed by atoms with E-state index in [0.717, 1.165) is 25.2 Å². The van der Waals surface area contributed by atoms with E-state index in [0.29, 0.717) is 6.54 Å². The summed E-state index contributed by atoms with van der Waals surface area (Å²) in [6.45, 7) is 7.60. The summed E-state index contributed by atoms with van der Waals surface area (Å²) < 4.78 is 10.7. The molecule has 1 heterocycles. The molecule has 3 unspecified atom stereocenters. The zero-order chi connectivity index (χ0) is 17.5. The molecule has 0 saturated carbocycles. The molecule has 150 valence electrons. The SMILES string of the molecule is COCC(N)C(=O)NCc1ccccc1CN1CC(C)OC(C)C1.Cl.Cl. The van der Waals surface area contributed by atoms with Crippen molar-refractivity contribution in [2.24, 2.45) is 5.73 Å². The maximum absolute atomic E-state index is 12.0. The molecule has 1 saturated heterocycles. The summed E-state index contributed by atoms with van der Waals surface area (Å²) >= 11 is 0. The van der Waals surface area contributed by atoms with E-state index < -0.39 is 6.04 Å². The number of ether oxygens (including phenoxy) is 2. The zero-order valence-electron chi connectivity index (χ0n) is 15.6. The van der Waals surface area contributed by atoms with Gasteiger partial charge in [-0.15, -0.1) is 24.8 Å². The van der Waals surface area contributed by atoms with Crippen molar-refractivity contribution in [2.45, 2.75) is 45.2 Å². The fraction of sp³-hybridized carbons (Fsp3) is 0.611. The third-order valence-electron chi connectivity index (χ3n) is 4.14. The highest BCUT2D eigenvalue weighted by molar-refractivity contribution is 5.85. The average Bonchev–Trinajstić information content (AvgIpc) is 2.53. The predicted molar refractivity (Wildman–Crippen MR) is 108 cm³/mol. The summed E-state index contributed by atoms with van der Waals surface area (Å²) in [6.07, 6.45) is 0.486. The minimum Gasteiger partial charge on any atom is -0.383 e. The van der Waals surface area contributed by atoms with Gasteiger partial charge < -0.3 is 20.5 Å². The Morgan fingerprint density at radius 1 is 1.27 bits per heavy atom. The van der Waals surface area contributed by atoms with Gasteiger partial charge >= 0.3 is 0 Å². The highest BCUT2D eigenvalue weighted by Crippen LogP contribution is 2.17. The van der Waals surface area contributed by atoms with Gasteiger partial charge in [-0.2, -0.15) is 0 Å². The number of rotatable bonds is 7. The molecule has 3 N–H and O–H groups in total. The van der Waals surface area contributed by atoms with Crippen LogP contribution in [0, 0.1) is 0 Å². The number of methoxy groups -OCH3 is 1. The highest BCUT2D eigenvalue weighted by atomic mass is 35.5. The molecular formula is C18H31Cl2N3O3.